The molecular formula is C19H17FN4O. The highest BCUT2D eigenvalue weighted by molar-refractivity contribution is 5.81. The Kier molecular flexibility index (Phi) is 3.42. The predicted molar refractivity (Wildman–Crippen MR) is 94.4 cm³/mol. The van der Waals surface area contributed by atoms with Gasteiger partial charge in [0.05, 0.1) is 29.6 Å². The summed E-state index contributed by atoms with van der Waals surface area (Å²) in [6, 6.07) is 8.74. The number of aryl methyl sites for hydroxylation is 3. The molecule has 6 heteroatoms. The van der Waals surface area contributed by atoms with E-state index in [0.29, 0.717) is 28.4 Å². The Balaban J connectivity index is 2.18. The first-order chi connectivity index (χ1) is 12.0. The zero-order chi connectivity index (χ0) is 17.7. The van der Waals surface area contributed by atoms with Gasteiger partial charge in [-0.05, 0) is 44.5 Å². The second kappa shape index (κ2) is 5.51. The standard InChI is InChI=1S/C19H17FN4O/c1-10-5-6-13(14(20)9-10)18-22-12(3)17-11(2)21-15-7-8-16(25-4)23-19(15)24(17)18/h5-9H,1-4H3. The molecule has 0 aliphatic carbocycles. The number of pyridine rings is 1. The fourth-order valence-electron chi connectivity index (χ4n) is 3.16. The number of halogens is 1. The van der Waals surface area contributed by atoms with Crippen molar-refractivity contribution < 1.29 is 9.13 Å². The second-order valence-corrected chi connectivity index (χ2v) is 6.08. The molecule has 0 spiro atoms. The summed E-state index contributed by atoms with van der Waals surface area (Å²) in [6.45, 7) is 5.67. The number of hydrogen-bond donors (Lipinski definition) is 0. The van der Waals surface area contributed by atoms with Crippen LogP contribution in [0.3, 0.4) is 0 Å². The molecule has 0 fully saturated rings. The maximum atomic E-state index is 14.6. The summed E-state index contributed by atoms with van der Waals surface area (Å²) in [5, 5.41) is 0. The predicted octanol–water partition coefficient (Wildman–Crippen LogP) is 4.02. The molecule has 4 rings (SSSR count). The second-order valence-electron chi connectivity index (χ2n) is 6.08. The molecule has 0 aliphatic rings. The van der Waals surface area contributed by atoms with Gasteiger partial charge in [0, 0.05) is 6.07 Å². The fraction of sp³-hybridized carbons (Fsp3) is 0.211. The van der Waals surface area contributed by atoms with Crippen LogP contribution in [0.4, 0.5) is 4.39 Å². The van der Waals surface area contributed by atoms with Crippen LogP contribution < -0.4 is 4.74 Å². The number of fused-ring (bicyclic) bond motifs is 3. The van der Waals surface area contributed by atoms with E-state index in [1.54, 1.807) is 19.2 Å². The first kappa shape index (κ1) is 15.5. The normalized spacial score (nSPS) is 11.4. The maximum absolute atomic E-state index is 14.6. The van der Waals surface area contributed by atoms with Crippen LogP contribution in [0.25, 0.3) is 28.1 Å². The van der Waals surface area contributed by atoms with Crippen molar-refractivity contribution in [1.82, 2.24) is 19.4 Å². The third-order valence-corrected chi connectivity index (χ3v) is 4.30. The highest BCUT2D eigenvalue weighted by Crippen LogP contribution is 2.30. The van der Waals surface area contributed by atoms with Crippen LogP contribution in [0.1, 0.15) is 17.0 Å². The van der Waals surface area contributed by atoms with Gasteiger partial charge in [0.25, 0.3) is 0 Å². The summed E-state index contributed by atoms with van der Waals surface area (Å²) in [6.07, 6.45) is 0. The van der Waals surface area contributed by atoms with Gasteiger partial charge in [0.1, 0.15) is 17.2 Å². The van der Waals surface area contributed by atoms with Gasteiger partial charge in [-0.3, -0.25) is 4.40 Å². The van der Waals surface area contributed by atoms with Gasteiger partial charge in [-0.25, -0.2) is 14.4 Å². The lowest BCUT2D eigenvalue weighted by Crippen LogP contribution is -2.01. The Hall–Kier alpha value is -3.02. The van der Waals surface area contributed by atoms with Crippen LogP contribution in [-0.2, 0) is 0 Å². The van der Waals surface area contributed by atoms with E-state index in [4.69, 9.17) is 4.74 Å². The average molecular weight is 336 g/mol. The van der Waals surface area contributed by atoms with Crippen molar-refractivity contribution in [3.8, 4) is 17.3 Å². The van der Waals surface area contributed by atoms with Crippen LogP contribution in [0, 0.1) is 26.6 Å². The molecule has 5 nitrogen and oxygen atoms in total. The lowest BCUT2D eigenvalue weighted by Gasteiger charge is -2.09. The zero-order valence-corrected chi connectivity index (χ0v) is 14.5. The van der Waals surface area contributed by atoms with E-state index in [1.807, 2.05) is 37.3 Å². The van der Waals surface area contributed by atoms with E-state index in [0.717, 1.165) is 22.5 Å². The van der Waals surface area contributed by atoms with Crippen LogP contribution in [-0.4, -0.2) is 26.5 Å². The number of aromatic nitrogens is 4. The van der Waals surface area contributed by atoms with Gasteiger partial charge in [-0.2, -0.15) is 4.98 Å². The average Bonchev–Trinajstić information content (AvgIpc) is 2.93. The number of rotatable bonds is 2. The molecular weight excluding hydrogens is 319 g/mol. The highest BCUT2D eigenvalue weighted by Gasteiger charge is 2.19. The Morgan fingerprint density at radius 1 is 0.960 bits per heavy atom. The van der Waals surface area contributed by atoms with Crippen molar-refractivity contribution in [1.29, 1.82) is 0 Å². The van der Waals surface area contributed by atoms with Gasteiger partial charge in [0.2, 0.25) is 5.88 Å². The first-order valence-electron chi connectivity index (χ1n) is 7.96. The molecule has 3 aromatic heterocycles. The number of methoxy groups -OCH3 is 1. The van der Waals surface area contributed by atoms with E-state index in [2.05, 4.69) is 15.0 Å². The molecule has 0 saturated heterocycles. The van der Waals surface area contributed by atoms with Gasteiger partial charge in [0.15, 0.2) is 5.65 Å². The Bertz CT molecular complexity index is 1130. The lowest BCUT2D eigenvalue weighted by atomic mass is 10.1. The van der Waals surface area contributed by atoms with Crippen molar-refractivity contribution in [2.24, 2.45) is 0 Å². The van der Waals surface area contributed by atoms with Crippen molar-refractivity contribution in [3.05, 3.63) is 53.1 Å². The van der Waals surface area contributed by atoms with Crippen molar-refractivity contribution in [2.45, 2.75) is 20.8 Å². The number of ether oxygens (including phenoxy) is 1. The minimum absolute atomic E-state index is 0.308. The molecule has 0 bridgehead atoms. The third-order valence-electron chi connectivity index (χ3n) is 4.30. The molecule has 0 amide bonds. The lowest BCUT2D eigenvalue weighted by molar-refractivity contribution is 0.399. The molecule has 0 saturated carbocycles. The van der Waals surface area contributed by atoms with E-state index in [1.165, 1.54) is 6.07 Å². The summed E-state index contributed by atoms with van der Waals surface area (Å²) in [5.74, 6) is 0.680. The molecule has 0 aliphatic heterocycles. The maximum Gasteiger partial charge on any atom is 0.215 e. The number of benzene rings is 1. The molecule has 0 radical (unpaired) electrons. The Morgan fingerprint density at radius 3 is 2.44 bits per heavy atom. The monoisotopic (exact) mass is 336 g/mol. The number of hydrogen-bond acceptors (Lipinski definition) is 4. The molecule has 4 aromatic rings. The third kappa shape index (κ3) is 2.33. The van der Waals surface area contributed by atoms with E-state index >= 15 is 0 Å². The first-order valence-corrected chi connectivity index (χ1v) is 7.96. The van der Waals surface area contributed by atoms with Crippen LogP contribution in [0.2, 0.25) is 0 Å². The van der Waals surface area contributed by atoms with Crippen LogP contribution in [0.15, 0.2) is 30.3 Å². The summed E-state index contributed by atoms with van der Waals surface area (Å²) >= 11 is 0. The minimum atomic E-state index is -0.308. The van der Waals surface area contributed by atoms with Crippen molar-refractivity contribution >= 4 is 16.7 Å². The zero-order valence-electron chi connectivity index (χ0n) is 14.5. The minimum Gasteiger partial charge on any atom is -0.481 e. The van der Waals surface area contributed by atoms with Gasteiger partial charge in [-0.15, -0.1) is 0 Å². The SMILES string of the molecule is COc1ccc2nc(C)c3c(C)nc(-c4ccc(C)cc4F)n3c2n1. The van der Waals surface area contributed by atoms with Crippen LogP contribution >= 0.6 is 0 Å². The van der Waals surface area contributed by atoms with Crippen LogP contribution in [0.5, 0.6) is 5.88 Å². The smallest absolute Gasteiger partial charge is 0.215 e. The van der Waals surface area contributed by atoms with Crippen molar-refractivity contribution in [3.63, 3.8) is 0 Å². The van der Waals surface area contributed by atoms with E-state index in [-0.39, 0.29) is 5.82 Å². The summed E-state index contributed by atoms with van der Waals surface area (Å²) in [5.41, 5.74) is 5.04. The van der Waals surface area contributed by atoms with Gasteiger partial charge >= 0.3 is 0 Å². The molecule has 1 aromatic carbocycles. The molecule has 126 valence electrons. The highest BCUT2D eigenvalue weighted by atomic mass is 19.1. The van der Waals surface area contributed by atoms with Gasteiger partial charge < -0.3 is 4.74 Å². The van der Waals surface area contributed by atoms with E-state index in [9.17, 15) is 4.39 Å². The number of nitrogens with zero attached hydrogens (tertiary/aromatic N) is 4. The summed E-state index contributed by atoms with van der Waals surface area (Å²) in [7, 11) is 1.56. The molecule has 0 N–H and O–H groups in total. The fourth-order valence-corrected chi connectivity index (χ4v) is 3.16. The largest absolute Gasteiger partial charge is 0.481 e. The summed E-state index contributed by atoms with van der Waals surface area (Å²) < 4.78 is 21.7. The van der Waals surface area contributed by atoms with Gasteiger partial charge in [-0.1, -0.05) is 6.07 Å². The molecule has 25 heavy (non-hydrogen) atoms. The summed E-state index contributed by atoms with van der Waals surface area (Å²) in [4.78, 5) is 13.8. The number of imidazole rings is 1. The molecule has 3 heterocycles. The Morgan fingerprint density at radius 2 is 1.72 bits per heavy atom. The molecule has 0 unspecified atom stereocenters. The van der Waals surface area contributed by atoms with E-state index < -0.39 is 0 Å². The van der Waals surface area contributed by atoms with Crippen molar-refractivity contribution in [2.75, 3.05) is 7.11 Å². The molecule has 0 atom stereocenters. The quantitative estimate of drug-likeness (QED) is 0.555. The topological polar surface area (TPSA) is 52.3 Å². The Labute approximate surface area is 144 Å².